The smallest absolute Gasteiger partial charge is 0.341 e. The zero-order chi connectivity index (χ0) is 46.1. The molecule has 0 saturated heterocycles. The minimum atomic E-state index is -0.912. The fourth-order valence-electron chi connectivity index (χ4n) is 8.18. The standard InChI is InChI=1S/C23H31ClN4O4.C22H29ClN4O4/c1-4-25-21(30)28-16(3)15(2)27(22(28)31)17-9-10-19(24)18(13-17)20(29)26-14-23(32)11-7-5-6-8-12-23;1-3-24-20(29)27-15(2)13-26(21(27)30)16-8-9-18(23)17(12-16)19(28)25-14-22(31)10-6-4-5-7-11-22/h9-10,13,32H,4-8,11-12,14H2,1-3H3,(H,25,30)(H,26,29);8-9,12-13,31H,3-7,10-11,14H2,1-2H3,(H,24,29)(H,25,28). The summed E-state index contributed by atoms with van der Waals surface area (Å²) in [6, 6.07) is 8.37. The molecule has 18 heteroatoms. The quantitative estimate of drug-likeness (QED) is 0.0993. The predicted molar refractivity (Wildman–Crippen MR) is 243 cm³/mol. The summed E-state index contributed by atoms with van der Waals surface area (Å²) in [7, 11) is 0. The van der Waals surface area contributed by atoms with Gasteiger partial charge in [0.2, 0.25) is 0 Å². The Hall–Kier alpha value is -5.16. The van der Waals surface area contributed by atoms with E-state index < -0.39 is 46.5 Å². The molecule has 2 heterocycles. The van der Waals surface area contributed by atoms with Gasteiger partial charge in [-0.3, -0.25) is 18.7 Å². The van der Waals surface area contributed by atoms with E-state index in [0.29, 0.717) is 67.2 Å². The summed E-state index contributed by atoms with van der Waals surface area (Å²) < 4.78 is 4.81. The van der Waals surface area contributed by atoms with Crippen LogP contribution in [0, 0.1) is 20.8 Å². The van der Waals surface area contributed by atoms with Crippen LogP contribution in [0.1, 0.15) is 129 Å². The molecule has 0 spiro atoms. The first-order valence-corrected chi connectivity index (χ1v) is 22.5. The van der Waals surface area contributed by atoms with Crippen LogP contribution in [-0.2, 0) is 0 Å². The summed E-state index contributed by atoms with van der Waals surface area (Å²) in [5, 5.41) is 32.9. The fourth-order valence-corrected chi connectivity index (χ4v) is 8.58. The maximum atomic E-state index is 13.0. The van der Waals surface area contributed by atoms with Crippen molar-refractivity contribution in [2.24, 2.45) is 0 Å². The normalized spacial score (nSPS) is 15.8. The van der Waals surface area contributed by atoms with Crippen LogP contribution in [0.5, 0.6) is 0 Å². The number of rotatable bonds is 10. The molecule has 342 valence electrons. The van der Waals surface area contributed by atoms with Crippen molar-refractivity contribution in [2.45, 2.75) is 123 Å². The number of nitrogens with one attached hydrogen (secondary N) is 4. The van der Waals surface area contributed by atoms with E-state index in [9.17, 15) is 39.0 Å². The van der Waals surface area contributed by atoms with Gasteiger partial charge in [-0.15, -0.1) is 0 Å². The molecule has 0 aliphatic heterocycles. The van der Waals surface area contributed by atoms with Gasteiger partial charge in [0.25, 0.3) is 11.8 Å². The van der Waals surface area contributed by atoms with Crippen LogP contribution in [0.4, 0.5) is 9.59 Å². The lowest BCUT2D eigenvalue weighted by molar-refractivity contribution is 0.0245. The third-order valence-corrected chi connectivity index (χ3v) is 12.5. The molecule has 0 radical (unpaired) electrons. The zero-order valence-electron chi connectivity index (χ0n) is 36.7. The van der Waals surface area contributed by atoms with Gasteiger partial charge in [0.05, 0.1) is 43.7 Å². The van der Waals surface area contributed by atoms with Crippen LogP contribution in [-0.4, -0.2) is 89.7 Å². The number of aliphatic hydroxyl groups is 2. The van der Waals surface area contributed by atoms with Crippen molar-refractivity contribution in [1.29, 1.82) is 0 Å². The lowest BCUT2D eigenvalue weighted by atomic mass is 9.94. The summed E-state index contributed by atoms with van der Waals surface area (Å²) in [6.07, 6.45) is 12.3. The number of benzene rings is 2. The van der Waals surface area contributed by atoms with Gasteiger partial charge in [-0.25, -0.2) is 28.3 Å². The highest BCUT2D eigenvalue weighted by Gasteiger charge is 2.30. The summed E-state index contributed by atoms with van der Waals surface area (Å²) in [5.41, 5.74) is -0.0631. The minimum Gasteiger partial charge on any atom is -0.388 e. The number of amides is 4. The van der Waals surface area contributed by atoms with Crippen LogP contribution in [0.3, 0.4) is 0 Å². The number of imidazole rings is 2. The zero-order valence-corrected chi connectivity index (χ0v) is 38.3. The topological polar surface area (TPSA) is 211 Å². The SMILES string of the molecule is CCNC(=O)n1c(C)c(C)n(-c2ccc(Cl)c(C(=O)NCC3(O)CCCCCC3)c2)c1=O.CCNC(=O)n1c(C)cn(-c2ccc(Cl)c(C(=O)NCC3(O)CCCCCC3)c2)c1=O. The van der Waals surface area contributed by atoms with Gasteiger partial charge < -0.3 is 31.5 Å². The second-order valence-corrected chi connectivity index (χ2v) is 17.3. The van der Waals surface area contributed by atoms with Crippen molar-refractivity contribution in [3.8, 4) is 11.4 Å². The molecule has 2 aliphatic carbocycles. The van der Waals surface area contributed by atoms with Crippen LogP contribution < -0.4 is 32.6 Å². The summed E-state index contributed by atoms with van der Waals surface area (Å²) in [4.78, 5) is 76.0. The Morgan fingerprint density at radius 3 is 1.49 bits per heavy atom. The maximum absolute atomic E-state index is 13.0. The molecular formula is C45H60Cl2N8O8. The van der Waals surface area contributed by atoms with Crippen LogP contribution in [0.2, 0.25) is 10.0 Å². The Morgan fingerprint density at radius 2 is 1.03 bits per heavy atom. The number of carbonyl (C=O) groups is 4. The van der Waals surface area contributed by atoms with Gasteiger partial charge in [-0.2, -0.15) is 0 Å². The van der Waals surface area contributed by atoms with Gasteiger partial charge in [-0.05, 0) is 96.7 Å². The number of halogens is 2. The second kappa shape index (κ2) is 21.5. The average Bonchev–Trinajstić information content (AvgIpc) is 3.43. The highest BCUT2D eigenvalue weighted by molar-refractivity contribution is 6.34. The van der Waals surface area contributed by atoms with E-state index in [1.54, 1.807) is 52.8 Å². The van der Waals surface area contributed by atoms with Crippen molar-refractivity contribution in [2.75, 3.05) is 26.2 Å². The number of nitrogens with zero attached hydrogens (tertiary/aromatic N) is 4. The number of aryl methyl sites for hydroxylation is 1. The number of aromatic nitrogens is 4. The molecular weight excluding hydrogens is 851 g/mol. The lowest BCUT2D eigenvalue weighted by Crippen LogP contribution is -2.42. The van der Waals surface area contributed by atoms with E-state index in [4.69, 9.17) is 23.2 Å². The van der Waals surface area contributed by atoms with Crippen molar-refractivity contribution in [3.63, 3.8) is 0 Å². The average molecular weight is 912 g/mol. The monoisotopic (exact) mass is 910 g/mol. The Bertz CT molecular complexity index is 2420. The second-order valence-electron chi connectivity index (χ2n) is 16.5. The van der Waals surface area contributed by atoms with Crippen molar-refractivity contribution in [1.82, 2.24) is 39.5 Å². The molecule has 0 atom stereocenters. The molecule has 2 fully saturated rings. The molecule has 0 bridgehead atoms. The van der Waals surface area contributed by atoms with Gasteiger partial charge in [0.15, 0.2) is 0 Å². The van der Waals surface area contributed by atoms with Crippen molar-refractivity contribution in [3.05, 3.63) is 102 Å². The third-order valence-electron chi connectivity index (χ3n) is 11.9. The Morgan fingerprint density at radius 1 is 0.603 bits per heavy atom. The summed E-state index contributed by atoms with van der Waals surface area (Å²) in [5.74, 6) is -0.836. The molecule has 6 N–H and O–H groups in total. The van der Waals surface area contributed by atoms with E-state index in [1.165, 1.54) is 33.5 Å². The third kappa shape index (κ3) is 11.7. The molecule has 2 aromatic carbocycles. The predicted octanol–water partition coefficient (Wildman–Crippen LogP) is 6.30. The van der Waals surface area contributed by atoms with Gasteiger partial charge >= 0.3 is 23.4 Å². The van der Waals surface area contributed by atoms with Gasteiger partial charge in [-0.1, -0.05) is 74.6 Å². The molecule has 2 saturated carbocycles. The molecule has 6 rings (SSSR count). The van der Waals surface area contributed by atoms with E-state index in [1.807, 2.05) is 0 Å². The summed E-state index contributed by atoms with van der Waals surface area (Å²) in [6.45, 7) is 9.73. The number of hydrogen-bond donors (Lipinski definition) is 6. The largest absolute Gasteiger partial charge is 0.388 e. The number of hydrogen-bond acceptors (Lipinski definition) is 8. The summed E-state index contributed by atoms with van der Waals surface area (Å²) >= 11 is 12.5. The van der Waals surface area contributed by atoms with Crippen molar-refractivity contribution < 1.29 is 29.4 Å². The van der Waals surface area contributed by atoms with Crippen LogP contribution >= 0.6 is 23.2 Å². The molecule has 2 aliphatic rings. The molecule has 63 heavy (non-hydrogen) atoms. The fraction of sp³-hybridized carbons (Fsp3) is 0.511. The minimum absolute atomic E-state index is 0.151. The molecule has 16 nitrogen and oxygen atoms in total. The first-order chi connectivity index (χ1) is 29.9. The van der Waals surface area contributed by atoms with Gasteiger partial charge in [0.1, 0.15) is 0 Å². The van der Waals surface area contributed by atoms with Crippen LogP contribution in [0.25, 0.3) is 11.4 Å². The Labute approximate surface area is 377 Å². The van der Waals surface area contributed by atoms with Crippen molar-refractivity contribution >= 4 is 47.1 Å². The highest BCUT2D eigenvalue weighted by Crippen LogP contribution is 2.29. The Balaban J connectivity index is 0.000000238. The molecule has 2 aromatic heterocycles. The number of carbonyl (C=O) groups excluding carboxylic acids is 4. The van der Waals surface area contributed by atoms with Gasteiger partial charge in [0, 0.05) is 49.5 Å². The molecule has 4 amide bonds. The highest BCUT2D eigenvalue weighted by atomic mass is 35.5. The maximum Gasteiger partial charge on any atom is 0.341 e. The lowest BCUT2D eigenvalue weighted by Gasteiger charge is -2.27. The van der Waals surface area contributed by atoms with E-state index >= 15 is 0 Å². The first kappa shape index (κ1) is 48.9. The Kier molecular flexibility index (Phi) is 16.7. The van der Waals surface area contributed by atoms with E-state index in [0.717, 1.165) is 60.5 Å². The van der Waals surface area contributed by atoms with E-state index in [2.05, 4.69) is 21.3 Å². The molecule has 0 unspecified atom stereocenters. The first-order valence-electron chi connectivity index (χ1n) is 21.7. The van der Waals surface area contributed by atoms with E-state index in [-0.39, 0.29) is 34.3 Å². The van der Waals surface area contributed by atoms with Crippen LogP contribution in [0.15, 0.2) is 52.2 Å². The molecule has 4 aromatic rings.